The minimum Gasteiger partial charge on any atom is -0.0779 e. The van der Waals surface area contributed by atoms with Crippen LogP contribution in [0.1, 0.15) is 52.2 Å². The van der Waals surface area contributed by atoms with Gasteiger partial charge in [0.2, 0.25) is 0 Å². The highest BCUT2D eigenvalue weighted by Crippen LogP contribution is 2.31. The van der Waals surface area contributed by atoms with Crippen molar-refractivity contribution in [3.63, 3.8) is 0 Å². The fourth-order valence-corrected chi connectivity index (χ4v) is 2.20. The van der Waals surface area contributed by atoms with Crippen LogP contribution in [-0.4, -0.2) is 0 Å². The molecule has 0 heterocycles. The first-order valence-corrected chi connectivity index (χ1v) is 6.52. The lowest BCUT2D eigenvalue weighted by atomic mass is 9.83. The number of fused-ring (bicyclic) bond motifs is 1. The molecule has 0 N–H and O–H groups in total. The number of benzene rings is 1. The average Bonchev–Trinajstić information content (AvgIpc) is 2.28. The smallest absolute Gasteiger partial charge is 0.0134 e. The molecule has 0 heteroatoms. The lowest BCUT2D eigenvalue weighted by molar-refractivity contribution is 0.479. The van der Waals surface area contributed by atoms with Crippen LogP contribution in [0.2, 0.25) is 0 Å². The van der Waals surface area contributed by atoms with Gasteiger partial charge in [0.15, 0.2) is 0 Å². The first kappa shape index (κ1) is 13.8. The second kappa shape index (κ2) is 5.86. The molecule has 0 unspecified atom stereocenters. The summed E-state index contributed by atoms with van der Waals surface area (Å²) in [5.74, 6) is 0. The van der Waals surface area contributed by atoms with Gasteiger partial charge in [0, 0.05) is 0 Å². The summed E-state index contributed by atoms with van der Waals surface area (Å²) in [4.78, 5) is 0. The van der Waals surface area contributed by atoms with Crippen LogP contribution >= 0.6 is 0 Å². The Morgan fingerprint density at radius 2 is 1.59 bits per heavy atom. The van der Waals surface area contributed by atoms with Gasteiger partial charge in [0.25, 0.3) is 0 Å². The molecule has 0 bridgehead atoms. The van der Waals surface area contributed by atoms with Crippen molar-refractivity contribution in [1.29, 1.82) is 0 Å². The molecular weight excluding hydrogens is 204 g/mol. The maximum atomic E-state index is 2.32. The van der Waals surface area contributed by atoms with E-state index in [9.17, 15) is 0 Å². The van der Waals surface area contributed by atoms with Crippen LogP contribution in [0.25, 0.3) is 12.2 Å². The average molecular weight is 228 g/mol. The zero-order valence-corrected chi connectivity index (χ0v) is 11.7. The molecule has 2 rings (SSSR count). The van der Waals surface area contributed by atoms with Crippen molar-refractivity contribution in [2.75, 3.05) is 0 Å². The Hall–Kier alpha value is -1.30. The molecule has 0 saturated carbocycles. The summed E-state index contributed by atoms with van der Waals surface area (Å²) in [6.07, 6.45) is 8.01. The van der Waals surface area contributed by atoms with Gasteiger partial charge in [0.05, 0.1) is 0 Å². The maximum Gasteiger partial charge on any atom is -0.0134 e. The Kier molecular flexibility index (Phi) is 4.74. The van der Waals surface area contributed by atoms with Crippen LogP contribution < -0.4 is 0 Å². The summed E-state index contributed by atoms with van der Waals surface area (Å²) in [6.45, 7) is 10.8. The van der Waals surface area contributed by atoms with Gasteiger partial charge >= 0.3 is 0 Å². The molecule has 0 amide bonds. The topological polar surface area (TPSA) is 0 Å². The second-order valence-electron chi connectivity index (χ2n) is 5.12. The molecule has 1 aromatic rings. The van der Waals surface area contributed by atoms with Gasteiger partial charge in [-0.15, -0.1) is 0 Å². The van der Waals surface area contributed by atoms with E-state index in [-0.39, 0.29) is 5.41 Å². The Morgan fingerprint density at radius 1 is 1.00 bits per heavy atom. The van der Waals surface area contributed by atoms with E-state index in [1.54, 1.807) is 0 Å². The summed E-state index contributed by atoms with van der Waals surface area (Å²) >= 11 is 0. The van der Waals surface area contributed by atoms with Gasteiger partial charge in [-0.25, -0.2) is 0 Å². The molecular formula is C17H24. The lowest BCUT2D eigenvalue weighted by Crippen LogP contribution is -2.08. The maximum absolute atomic E-state index is 2.32. The van der Waals surface area contributed by atoms with Crippen molar-refractivity contribution in [1.82, 2.24) is 0 Å². The van der Waals surface area contributed by atoms with E-state index in [4.69, 9.17) is 0 Å². The molecule has 1 aromatic carbocycles. The molecule has 0 nitrogen and oxygen atoms in total. The summed E-state index contributed by atoms with van der Waals surface area (Å²) in [5.41, 5.74) is 4.39. The van der Waals surface area contributed by atoms with Crippen LogP contribution in [0.5, 0.6) is 0 Å². The fourth-order valence-electron chi connectivity index (χ4n) is 2.20. The third kappa shape index (κ3) is 3.89. The fraction of sp³-hybridized carbons (Fsp3) is 0.412. The van der Waals surface area contributed by atoms with E-state index < -0.39 is 0 Å². The van der Waals surface area contributed by atoms with Crippen molar-refractivity contribution in [3.8, 4) is 0 Å². The van der Waals surface area contributed by atoms with Gasteiger partial charge < -0.3 is 0 Å². The SMILES string of the molecule is CC.CC1=Cc2ccccc2/C=C\C(C)(C)C1. The summed E-state index contributed by atoms with van der Waals surface area (Å²) in [5, 5.41) is 0. The van der Waals surface area contributed by atoms with Crippen LogP contribution in [-0.2, 0) is 0 Å². The second-order valence-corrected chi connectivity index (χ2v) is 5.12. The quantitative estimate of drug-likeness (QED) is 0.545. The standard InChI is InChI=1S/C15H18.C2H6/c1-12-10-14-7-5-4-6-13(14)8-9-15(2,3)11-12;1-2/h4-10H,11H2,1-3H3;1-2H3/b9-8-,12-10?;. The predicted octanol–water partition coefficient (Wildman–Crippen LogP) is 5.56. The monoisotopic (exact) mass is 228 g/mol. The zero-order chi connectivity index (χ0) is 12.9. The van der Waals surface area contributed by atoms with Gasteiger partial charge in [0.1, 0.15) is 0 Å². The molecule has 0 aliphatic heterocycles. The molecule has 0 spiro atoms. The van der Waals surface area contributed by atoms with Crippen LogP contribution in [0.3, 0.4) is 0 Å². The molecule has 0 aromatic heterocycles. The first-order chi connectivity index (χ1) is 8.07. The largest absolute Gasteiger partial charge is 0.0779 e. The summed E-state index contributed by atoms with van der Waals surface area (Å²) in [7, 11) is 0. The first-order valence-electron chi connectivity index (χ1n) is 6.52. The Bertz CT molecular complexity index is 419. The molecule has 1 aliphatic rings. The van der Waals surface area contributed by atoms with Crippen molar-refractivity contribution in [2.24, 2.45) is 5.41 Å². The minimum absolute atomic E-state index is 0.272. The van der Waals surface area contributed by atoms with E-state index in [2.05, 4.69) is 63.3 Å². The van der Waals surface area contributed by atoms with Crippen molar-refractivity contribution in [2.45, 2.75) is 41.0 Å². The number of rotatable bonds is 0. The summed E-state index contributed by atoms with van der Waals surface area (Å²) in [6, 6.07) is 8.56. The van der Waals surface area contributed by atoms with E-state index in [0.717, 1.165) is 6.42 Å². The van der Waals surface area contributed by atoms with Crippen LogP contribution in [0, 0.1) is 5.41 Å². The third-order valence-electron chi connectivity index (χ3n) is 2.85. The number of allylic oxidation sites excluding steroid dienone is 2. The Balaban J connectivity index is 0.000000686. The third-order valence-corrected chi connectivity index (χ3v) is 2.85. The van der Waals surface area contributed by atoms with E-state index in [1.165, 1.54) is 16.7 Å². The number of hydrogen-bond donors (Lipinski definition) is 0. The molecule has 0 saturated heterocycles. The van der Waals surface area contributed by atoms with E-state index in [0.29, 0.717) is 0 Å². The van der Waals surface area contributed by atoms with Gasteiger partial charge in [-0.05, 0) is 29.9 Å². The zero-order valence-electron chi connectivity index (χ0n) is 11.7. The van der Waals surface area contributed by atoms with Crippen molar-refractivity contribution >= 4 is 12.2 Å². The molecule has 0 radical (unpaired) electrons. The normalized spacial score (nSPS) is 18.8. The summed E-state index contributed by atoms with van der Waals surface area (Å²) < 4.78 is 0. The van der Waals surface area contributed by atoms with Crippen LogP contribution in [0.15, 0.2) is 35.9 Å². The van der Waals surface area contributed by atoms with Crippen LogP contribution in [0.4, 0.5) is 0 Å². The molecule has 0 fully saturated rings. The van der Waals surface area contributed by atoms with Crippen molar-refractivity contribution in [3.05, 3.63) is 47.0 Å². The lowest BCUT2D eigenvalue weighted by Gasteiger charge is -2.22. The van der Waals surface area contributed by atoms with E-state index >= 15 is 0 Å². The number of hydrogen-bond acceptors (Lipinski definition) is 0. The minimum atomic E-state index is 0.272. The highest BCUT2D eigenvalue weighted by atomic mass is 14.2. The highest BCUT2D eigenvalue weighted by molar-refractivity contribution is 5.67. The van der Waals surface area contributed by atoms with Crippen molar-refractivity contribution < 1.29 is 0 Å². The molecule has 92 valence electrons. The highest BCUT2D eigenvalue weighted by Gasteiger charge is 2.16. The van der Waals surface area contributed by atoms with Gasteiger partial charge in [-0.2, -0.15) is 0 Å². The van der Waals surface area contributed by atoms with Gasteiger partial charge in [-0.3, -0.25) is 0 Å². The Labute approximate surface area is 106 Å². The molecule has 17 heavy (non-hydrogen) atoms. The molecule has 1 aliphatic carbocycles. The molecule has 0 atom stereocenters. The predicted molar refractivity (Wildman–Crippen MR) is 78.9 cm³/mol. The van der Waals surface area contributed by atoms with Gasteiger partial charge in [-0.1, -0.05) is 75.8 Å². The Morgan fingerprint density at radius 3 is 2.24 bits per heavy atom. The van der Waals surface area contributed by atoms with E-state index in [1.807, 2.05) is 13.8 Å².